The van der Waals surface area contributed by atoms with E-state index < -0.39 is 0 Å². The Kier molecular flexibility index (Phi) is 2.15. The van der Waals surface area contributed by atoms with Crippen LogP contribution >= 0.6 is 0 Å². The molecule has 0 amide bonds. The first kappa shape index (κ1) is 6.23. The standard InChI is InChI=1S/C3H10N4/c1-3(2)7(5)6-4/h4H2,1-2H3,(H2,5,6). The molecule has 0 atom stereocenters. The van der Waals surface area contributed by atoms with Crippen LogP contribution in [-0.4, -0.2) is 10.5 Å². The van der Waals surface area contributed by atoms with Crippen LogP contribution < -0.4 is 11.7 Å². The first-order chi connectivity index (χ1) is 3.18. The Balaban J connectivity index is 3.72. The summed E-state index contributed by atoms with van der Waals surface area (Å²) >= 11 is 0. The molecule has 4 N–H and O–H groups in total. The molecule has 0 aliphatic rings. The smallest absolute Gasteiger partial charge is 0.173 e. The van der Waals surface area contributed by atoms with Crippen molar-refractivity contribution in [3.63, 3.8) is 0 Å². The van der Waals surface area contributed by atoms with Crippen molar-refractivity contribution in [2.45, 2.75) is 13.8 Å². The third kappa shape index (κ3) is 1.99. The minimum atomic E-state index is 0.863. The SMILES string of the molecule is CC(C)=[N+](N)[N-]N. The summed E-state index contributed by atoms with van der Waals surface area (Å²) < 4.78 is 0. The number of hydrazine groups is 1. The Morgan fingerprint density at radius 1 is 1.57 bits per heavy atom. The molecule has 0 aliphatic carbocycles. The maximum atomic E-state index is 5.12. The van der Waals surface area contributed by atoms with Crippen molar-refractivity contribution >= 4 is 5.71 Å². The van der Waals surface area contributed by atoms with Gasteiger partial charge in [0.05, 0.1) is 0 Å². The van der Waals surface area contributed by atoms with E-state index in [-0.39, 0.29) is 0 Å². The minimum absolute atomic E-state index is 0.863. The van der Waals surface area contributed by atoms with Crippen molar-refractivity contribution in [3.8, 4) is 0 Å². The van der Waals surface area contributed by atoms with Crippen molar-refractivity contribution in [1.29, 1.82) is 0 Å². The van der Waals surface area contributed by atoms with Crippen LogP contribution in [0.3, 0.4) is 0 Å². The highest BCUT2D eigenvalue weighted by Crippen LogP contribution is 1.71. The first-order valence-corrected chi connectivity index (χ1v) is 1.94. The molecule has 0 unspecified atom stereocenters. The van der Waals surface area contributed by atoms with E-state index in [1.54, 1.807) is 0 Å². The van der Waals surface area contributed by atoms with Gasteiger partial charge in [-0.3, -0.25) is 11.7 Å². The highest BCUT2D eigenvalue weighted by Gasteiger charge is 1.85. The van der Waals surface area contributed by atoms with Crippen LogP contribution in [0.1, 0.15) is 13.8 Å². The minimum Gasteiger partial charge on any atom is -0.297 e. The summed E-state index contributed by atoms with van der Waals surface area (Å²) in [5.74, 6) is 9.90. The summed E-state index contributed by atoms with van der Waals surface area (Å²) in [4.78, 5) is 1.11. The van der Waals surface area contributed by atoms with E-state index in [2.05, 4.69) is 5.53 Å². The van der Waals surface area contributed by atoms with Crippen LogP contribution in [0, 0.1) is 0 Å². The van der Waals surface area contributed by atoms with Gasteiger partial charge in [-0.2, -0.15) is 0 Å². The topological polar surface area (TPSA) is 69.2 Å². The van der Waals surface area contributed by atoms with Crippen molar-refractivity contribution in [2.24, 2.45) is 11.7 Å². The predicted molar refractivity (Wildman–Crippen MR) is 28.3 cm³/mol. The molecule has 0 aromatic carbocycles. The maximum absolute atomic E-state index is 5.12. The molecule has 0 aromatic rings. The lowest BCUT2D eigenvalue weighted by Gasteiger charge is -1.97. The van der Waals surface area contributed by atoms with Crippen molar-refractivity contribution in [3.05, 3.63) is 5.53 Å². The fourth-order valence-corrected chi connectivity index (χ4v) is 0.115. The molecule has 4 nitrogen and oxygen atoms in total. The molecular formula is C3H10N4. The number of hydrogen-bond donors (Lipinski definition) is 2. The number of hydrogen-bond acceptors (Lipinski definition) is 2. The van der Waals surface area contributed by atoms with Crippen molar-refractivity contribution < 1.29 is 4.79 Å². The molecule has 0 aromatic heterocycles. The van der Waals surface area contributed by atoms with Gasteiger partial charge in [-0.1, -0.05) is 0 Å². The van der Waals surface area contributed by atoms with E-state index >= 15 is 0 Å². The van der Waals surface area contributed by atoms with Gasteiger partial charge >= 0.3 is 0 Å². The van der Waals surface area contributed by atoms with Gasteiger partial charge in [0.2, 0.25) is 0 Å². The van der Waals surface area contributed by atoms with Gasteiger partial charge in [-0.15, -0.1) is 10.3 Å². The van der Waals surface area contributed by atoms with Gasteiger partial charge in [-0.25, -0.2) is 0 Å². The zero-order valence-corrected chi connectivity index (χ0v) is 4.55. The molecule has 0 aliphatic heterocycles. The quantitative estimate of drug-likeness (QED) is 0.203. The maximum Gasteiger partial charge on any atom is 0.173 e. The van der Waals surface area contributed by atoms with Crippen molar-refractivity contribution in [2.75, 3.05) is 0 Å². The van der Waals surface area contributed by atoms with Crippen LogP contribution in [0.4, 0.5) is 0 Å². The molecule has 4 heteroatoms. The Bertz CT molecular complexity index is 80.9. The second-order valence-corrected chi connectivity index (χ2v) is 1.41. The summed E-state index contributed by atoms with van der Waals surface area (Å²) in [6, 6.07) is 0. The summed E-state index contributed by atoms with van der Waals surface area (Å²) in [5.41, 5.74) is 4.03. The van der Waals surface area contributed by atoms with Crippen LogP contribution in [0.15, 0.2) is 0 Å². The molecule has 0 bridgehead atoms. The summed E-state index contributed by atoms with van der Waals surface area (Å²) in [5, 5.41) is 0. The number of hydrazone groups is 1. The third-order valence-electron chi connectivity index (χ3n) is 0.583. The molecule has 0 saturated carbocycles. The average molecular weight is 102 g/mol. The molecule has 0 radical (unpaired) electrons. The molecule has 42 valence electrons. The first-order valence-electron chi connectivity index (χ1n) is 1.94. The molecule has 0 fully saturated rings. The average Bonchev–Trinajstić information content (AvgIpc) is 1.65. The van der Waals surface area contributed by atoms with Gasteiger partial charge in [0.15, 0.2) is 5.71 Å². The molecule has 0 spiro atoms. The highest BCUT2D eigenvalue weighted by atomic mass is 15.7. The van der Waals surface area contributed by atoms with Crippen LogP contribution in [0.5, 0.6) is 0 Å². The second-order valence-electron chi connectivity index (χ2n) is 1.41. The normalized spacial score (nSPS) is 7.86. The zero-order valence-electron chi connectivity index (χ0n) is 4.55. The predicted octanol–water partition coefficient (Wildman–Crippen LogP) is -0.484. The second kappa shape index (κ2) is 2.41. The lowest BCUT2D eigenvalue weighted by Crippen LogP contribution is -2.22. The van der Waals surface area contributed by atoms with E-state index in [0.717, 1.165) is 10.5 Å². The molecule has 7 heavy (non-hydrogen) atoms. The fourth-order valence-electron chi connectivity index (χ4n) is 0.115. The van der Waals surface area contributed by atoms with Gasteiger partial charge in [0.25, 0.3) is 0 Å². The monoisotopic (exact) mass is 102 g/mol. The van der Waals surface area contributed by atoms with Gasteiger partial charge in [-0.05, 0) is 0 Å². The third-order valence-corrected chi connectivity index (χ3v) is 0.583. The molecular weight excluding hydrogens is 92.1 g/mol. The largest absolute Gasteiger partial charge is 0.297 e. The number of rotatable bonds is 1. The zero-order chi connectivity index (χ0) is 5.86. The number of nitrogens with zero attached hydrogens (tertiary/aromatic N) is 2. The van der Waals surface area contributed by atoms with Crippen LogP contribution in [0.25, 0.3) is 5.53 Å². The Morgan fingerprint density at radius 2 is 2.00 bits per heavy atom. The Hall–Kier alpha value is -0.770. The Labute approximate surface area is 42.7 Å². The van der Waals surface area contributed by atoms with E-state index in [1.807, 2.05) is 13.8 Å². The number of nitrogens with two attached hydrogens (primary N) is 2. The van der Waals surface area contributed by atoms with E-state index in [4.69, 9.17) is 11.7 Å². The van der Waals surface area contributed by atoms with Crippen LogP contribution in [0.2, 0.25) is 0 Å². The molecule has 0 rings (SSSR count). The summed E-state index contributed by atoms with van der Waals surface area (Å²) in [6.07, 6.45) is 0. The van der Waals surface area contributed by atoms with Crippen LogP contribution in [-0.2, 0) is 0 Å². The van der Waals surface area contributed by atoms with E-state index in [0.29, 0.717) is 0 Å². The fraction of sp³-hybridized carbons (Fsp3) is 0.667. The molecule has 0 heterocycles. The summed E-state index contributed by atoms with van der Waals surface area (Å²) in [7, 11) is 0. The molecule has 0 saturated heterocycles. The van der Waals surface area contributed by atoms with Gasteiger partial charge in [0.1, 0.15) is 0 Å². The summed E-state index contributed by atoms with van der Waals surface area (Å²) in [6.45, 7) is 3.63. The highest BCUT2D eigenvalue weighted by molar-refractivity contribution is 5.73. The lowest BCUT2D eigenvalue weighted by molar-refractivity contribution is -0.492. The van der Waals surface area contributed by atoms with E-state index in [9.17, 15) is 0 Å². The Morgan fingerprint density at radius 3 is 2.00 bits per heavy atom. The van der Waals surface area contributed by atoms with Gasteiger partial charge in [0, 0.05) is 13.8 Å². The lowest BCUT2D eigenvalue weighted by atomic mass is 10.5. The van der Waals surface area contributed by atoms with Gasteiger partial charge < -0.3 is 0 Å². The van der Waals surface area contributed by atoms with Crippen molar-refractivity contribution in [1.82, 2.24) is 0 Å². The van der Waals surface area contributed by atoms with E-state index in [1.165, 1.54) is 0 Å².